The van der Waals surface area contributed by atoms with Gasteiger partial charge >= 0.3 is 12.4 Å². The molecular weight excluding hydrogens is 290 g/mol. The Morgan fingerprint density at radius 1 is 0.947 bits per heavy atom. The lowest BCUT2D eigenvalue weighted by molar-refractivity contribution is -0.161. The first-order chi connectivity index (χ1) is 8.71. The van der Waals surface area contributed by atoms with Crippen molar-refractivity contribution in [2.24, 2.45) is 0 Å². The fourth-order valence-corrected chi connectivity index (χ4v) is 2.38. The second-order valence-electron chi connectivity index (χ2n) is 3.63. The van der Waals surface area contributed by atoms with Gasteiger partial charge in [0.05, 0.1) is 11.1 Å². The van der Waals surface area contributed by atoms with E-state index in [-0.39, 0.29) is 4.88 Å². The maximum Gasteiger partial charge on any atom is 0.417 e. The first kappa shape index (κ1) is 13.9. The lowest BCUT2D eigenvalue weighted by Gasteiger charge is -2.18. The molecule has 0 N–H and O–H groups in total. The summed E-state index contributed by atoms with van der Waals surface area (Å²) in [6.07, 6.45) is -10.1. The van der Waals surface area contributed by atoms with Crippen LogP contribution >= 0.6 is 11.3 Å². The van der Waals surface area contributed by atoms with Gasteiger partial charge in [-0.15, -0.1) is 11.3 Å². The quantitative estimate of drug-likeness (QED) is 0.630. The van der Waals surface area contributed by atoms with E-state index in [0.717, 1.165) is 23.5 Å². The summed E-state index contributed by atoms with van der Waals surface area (Å²) >= 11 is 0.903. The molecule has 0 fully saturated rings. The lowest BCUT2D eigenvalue weighted by atomic mass is 9.99. The predicted octanol–water partition coefficient (Wildman–Crippen LogP) is 5.25. The van der Waals surface area contributed by atoms with Crippen LogP contribution in [-0.4, -0.2) is 0 Å². The first-order valence-corrected chi connectivity index (χ1v) is 5.81. The SMILES string of the molecule is FC(F)(F)c1cccc(-c2c[c]cs2)c1C(F)(F)F. The summed E-state index contributed by atoms with van der Waals surface area (Å²) in [6, 6.07) is 6.19. The molecule has 0 aliphatic rings. The van der Waals surface area contributed by atoms with Crippen molar-refractivity contribution in [1.29, 1.82) is 0 Å². The Kier molecular flexibility index (Phi) is 3.34. The molecule has 0 nitrogen and oxygen atoms in total. The molecule has 0 saturated carbocycles. The smallest absolute Gasteiger partial charge is 0.166 e. The van der Waals surface area contributed by atoms with Gasteiger partial charge in [0.25, 0.3) is 0 Å². The molecule has 101 valence electrons. The fraction of sp³-hybridized carbons (Fsp3) is 0.167. The number of hydrogen-bond acceptors (Lipinski definition) is 1. The zero-order valence-electron chi connectivity index (χ0n) is 9.06. The van der Waals surface area contributed by atoms with E-state index in [2.05, 4.69) is 6.07 Å². The molecular formula is C12H5F6S. The van der Waals surface area contributed by atoms with Crippen LogP contribution < -0.4 is 0 Å². The lowest BCUT2D eigenvalue weighted by Crippen LogP contribution is -2.17. The van der Waals surface area contributed by atoms with Gasteiger partial charge in [-0.3, -0.25) is 0 Å². The third-order valence-corrected chi connectivity index (χ3v) is 3.23. The van der Waals surface area contributed by atoms with Crippen molar-refractivity contribution < 1.29 is 26.3 Å². The van der Waals surface area contributed by atoms with Gasteiger partial charge in [0.15, 0.2) is 0 Å². The van der Waals surface area contributed by atoms with Gasteiger partial charge < -0.3 is 0 Å². The van der Waals surface area contributed by atoms with Crippen molar-refractivity contribution >= 4 is 11.3 Å². The normalized spacial score (nSPS) is 12.7. The van der Waals surface area contributed by atoms with Crippen LogP contribution in [0.1, 0.15) is 11.1 Å². The van der Waals surface area contributed by atoms with E-state index in [4.69, 9.17) is 0 Å². The van der Waals surface area contributed by atoms with Gasteiger partial charge in [-0.1, -0.05) is 12.1 Å². The minimum atomic E-state index is -5.08. The summed E-state index contributed by atoms with van der Waals surface area (Å²) in [5.41, 5.74) is -3.81. The van der Waals surface area contributed by atoms with Crippen LogP contribution in [0.2, 0.25) is 0 Å². The summed E-state index contributed by atoms with van der Waals surface area (Å²) in [4.78, 5) is 0.0958. The van der Waals surface area contributed by atoms with Crippen molar-refractivity contribution in [2.45, 2.75) is 12.4 Å². The van der Waals surface area contributed by atoms with Crippen LogP contribution in [0.4, 0.5) is 26.3 Å². The van der Waals surface area contributed by atoms with Crippen molar-refractivity contribution in [3.05, 3.63) is 46.8 Å². The van der Waals surface area contributed by atoms with Gasteiger partial charge in [0.1, 0.15) is 0 Å². The van der Waals surface area contributed by atoms with Crippen LogP contribution in [0.3, 0.4) is 0 Å². The second kappa shape index (κ2) is 4.56. The molecule has 0 aliphatic heterocycles. The molecule has 0 bridgehead atoms. The Hall–Kier alpha value is -1.50. The standard InChI is InChI=1S/C12H5F6S/c13-11(14,15)8-4-1-3-7(9-5-2-6-19-9)10(8)12(16,17)18/h1,3-6H. The molecule has 0 aliphatic carbocycles. The molecule has 0 unspecified atom stereocenters. The number of thiophene rings is 1. The van der Waals surface area contributed by atoms with Crippen molar-refractivity contribution in [1.82, 2.24) is 0 Å². The van der Waals surface area contributed by atoms with Gasteiger partial charge in [-0.05, 0) is 23.6 Å². The Bertz CT molecular complexity index is 565. The molecule has 2 rings (SSSR count). The third-order valence-electron chi connectivity index (χ3n) is 2.39. The Labute approximate surface area is 108 Å². The van der Waals surface area contributed by atoms with Crippen molar-refractivity contribution in [3.63, 3.8) is 0 Å². The van der Waals surface area contributed by atoms with E-state index in [1.54, 1.807) is 0 Å². The number of hydrogen-bond donors (Lipinski definition) is 0. The van der Waals surface area contributed by atoms with E-state index in [1.807, 2.05) is 0 Å². The van der Waals surface area contributed by atoms with Crippen molar-refractivity contribution in [2.75, 3.05) is 0 Å². The average molecular weight is 295 g/mol. The first-order valence-electron chi connectivity index (χ1n) is 4.93. The van der Waals surface area contributed by atoms with Gasteiger partial charge in [0, 0.05) is 10.4 Å². The van der Waals surface area contributed by atoms with Gasteiger partial charge in [0.2, 0.25) is 0 Å². The highest BCUT2D eigenvalue weighted by Crippen LogP contribution is 2.45. The highest BCUT2D eigenvalue weighted by atomic mass is 32.1. The summed E-state index contributed by atoms with van der Waals surface area (Å²) < 4.78 is 76.9. The molecule has 1 aromatic carbocycles. The zero-order chi connectivity index (χ0) is 14.3. The number of alkyl halides is 6. The minimum Gasteiger partial charge on any atom is -0.166 e. The average Bonchev–Trinajstić information content (AvgIpc) is 2.79. The van der Waals surface area contributed by atoms with Crippen LogP contribution in [0.15, 0.2) is 29.6 Å². The molecule has 1 heterocycles. The molecule has 2 aromatic rings. The van der Waals surface area contributed by atoms with Crippen LogP contribution in [0.25, 0.3) is 10.4 Å². The number of rotatable bonds is 1. The Morgan fingerprint density at radius 2 is 1.63 bits per heavy atom. The van der Waals surface area contributed by atoms with Crippen LogP contribution in [0, 0.1) is 6.07 Å². The molecule has 19 heavy (non-hydrogen) atoms. The van der Waals surface area contributed by atoms with Crippen molar-refractivity contribution in [3.8, 4) is 10.4 Å². The molecule has 0 saturated heterocycles. The minimum absolute atomic E-state index is 0.0958. The molecule has 0 amide bonds. The second-order valence-corrected chi connectivity index (χ2v) is 4.55. The number of halogens is 6. The highest BCUT2D eigenvalue weighted by molar-refractivity contribution is 7.13. The third kappa shape index (κ3) is 2.75. The van der Waals surface area contributed by atoms with E-state index in [1.165, 1.54) is 11.4 Å². The zero-order valence-corrected chi connectivity index (χ0v) is 9.88. The topological polar surface area (TPSA) is 0 Å². The summed E-state index contributed by atoms with van der Waals surface area (Å²) in [7, 11) is 0. The van der Waals surface area contributed by atoms with Crippen LogP contribution in [0.5, 0.6) is 0 Å². The maximum absolute atomic E-state index is 12.9. The van der Waals surface area contributed by atoms with Crippen LogP contribution in [-0.2, 0) is 12.4 Å². The van der Waals surface area contributed by atoms with E-state index in [0.29, 0.717) is 6.07 Å². The monoisotopic (exact) mass is 295 g/mol. The highest BCUT2D eigenvalue weighted by Gasteiger charge is 2.44. The molecule has 0 spiro atoms. The molecule has 7 heteroatoms. The fourth-order valence-electron chi connectivity index (χ4n) is 1.68. The van der Waals surface area contributed by atoms with E-state index < -0.39 is 29.0 Å². The summed E-state index contributed by atoms with van der Waals surface area (Å²) in [6.45, 7) is 0. The van der Waals surface area contributed by atoms with Gasteiger partial charge in [-0.2, -0.15) is 26.3 Å². The molecule has 0 atom stereocenters. The Balaban J connectivity index is 2.76. The summed E-state index contributed by atoms with van der Waals surface area (Å²) in [5.74, 6) is 0. The maximum atomic E-state index is 12.9. The van der Waals surface area contributed by atoms with E-state index in [9.17, 15) is 26.3 Å². The molecule has 1 radical (unpaired) electrons. The Morgan fingerprint density at radius 3 is 2.11 bits per heavy atom. The molecule has 1 aromatic heterocycles. The number of benzene rings is 1. The largest absolute Gasteiger partial charge is 0.417 e. The van der Waals surface area contributed by atoms with E-state index >= 15 is 0 Å². The summed E-state index contributed by atoms with van der Waals surface area (Å²) in [5, 5.41) is 1.38. The predicted molar refractivity (Wildman–Crippen MR) is 58.6 cm³/mol. The van der Waals surface area contributed by atoms with Gasteiger partial charge in [-0.25, -0.2) is 0 Å².